The molecule has 0 spiro atoms. The Morgan fingerprint density at radius 2 is 1.16 bits per heavy atom. The molecule has 0 aliphatic rings. The molecule has 162 valence electrons. The molecule has 0 radical (unpaired) electrons. The Kier molecular flexibility index (Phi) is 7.76. The van der Waals surface area contributed by atoms with Crippen LogP contribution in [0.1, 0.15) is 51.4 Å². The Morgan fingerprint density at radius 3 is 1.58 bits per heavy atom. The van der Waals surface area contributed by atoms with Crippen molar-refractivity contribution >= 4 is 0 Å². The zero-order valence-electron chi connectivity index (χ0n) is 18.6. The van der Waals surface area contributed by atoms with Crippen LogP contribution in [0.15, 0.2) is 73.1 Å². The quantitative estimate of drug-likeness (QED) is 0.346. The molecule has 6 heteroatoms. The molecule has 5 N–H and O–H groups in total. The van der Waals surface area contributed by atoms with Crippen molar-refractivity contribution in [2.24, 2.45) is 5.73 Å². The van der Waals surface area contributed by atoms with Crippen molar-refractivity contribution in [3.63, 3.8) is 0 Å². The predicted molar refractivity (Wildman–Crippen MR) is 127 cm³/mol. The second-order valence-electron chi connectivity index (χ2n) is 7.93. The first-order valence-corrected chi connectivity index (χ1v) is 10.7. The summed E-state index contributed by atoms with van der Waals surface area (Å²) in [7, 11) is 0. The Labute approximate surface area is 184 Å². The average molecular weight is 417 g/mol. The van der Waals surface area contributed by atoms with Gasteiger partial charge in [-0.3, -0.25) is 0 Å². The third-order valence-electron chi connectivity index (χ3n) is 4.79. The molecule has 0 amide bonds. The van der Waals surface area contributed by atoms with Crippen LogP contribution in [0.3, 0.4) is 0 Å². The number of rotatable bonds is 6. The zero-order chi connectivity index (χ0) is 22.2. The molecule has 2 aromatic heterocycles. The van der Waals surface area contributed by atoms with E-state index in [1.54, 1.807) is 0 Å². The van der Waals surface area contributed by atoms with E-state index in [-0.39, 0.29) is 12.1 Å². The fourth-order valence-corrected chi connectivity index (χ4v) is 3.23. The molecule has 0 aliphatic carbocycles. The lowest BCUT2D eigenvalue weighted by Crippen LogP contribution is -2.26. The monoisotopic (exact) mass is 416 g/mol. The smallest absolute Gasteiger partial charge is 0.123 e. The van der Waals surface area contributed by atoms with Gasteiger partial charge in [0, 0.05) is 6.04 Å². The number of aromatic amines is 2. The van der Waals surface area contributed by atoms with Gasteiger partial charge in [-0.15, -0.1) is 0 Å². The van der Waals surface area contributed by atoms with Crippen LogP contribution in [0.5, 0.6) is 0 Å². The van der Waals surface area contributed by atoms with Gasteiger partial charge < -0.3 is 21.0 Å². The largest absolute Gasteiger partial charge is 0.341 e. The van der Waals surface area contributed by atoms with Gasteiger partial charge >= 0.3 is 0 Å². The van der Waals surface area contributed by atoms with Crippen molar-refractivity contribution in [2.75, 3.05) is 0 Å². The number of aromatic nitrogens is 4. The van der Waals surface area contributed by atoms with Crippen LogP contribution in [-0.2, 0) is 0 Å². The van der Waals surface area contributed by atoms with Crippen molar-refractivity contribution in [3.05, 3.63) is 84.7 Å². The van der Waals surface area contributed by atoms with Gasteiger partial charge in [-0.25, -0.2) is 9.97 Å². The molecule has 0 saturated carbocycles. The maximum atomic E-state index is 5.71. The summed E-state index contributed by atoms with van der Waals surface area (Å²) in [6.07, 6.45) is 3.71. The molecular formula is C25H32N6. The fourth-order valence-electron chi connectivity index (χ4n) is 3.23. The summed E-state index contributed by atoms with van der Waals surface area (Å²) in [6, 6.07) is 21.0. The van der Waals surface area contributed by atoms with E-state index in [4.69, 9.17) is 5.73 Å². The van der Waals surface area contributed by atoms with E-state index in [2.05, 4.69) is 58.2 Å². The van der Waals surface area contributed by atoms with Crippen LogP contribution >= 0.6 is 0 Å². The summed E-state index contributed by atoms with van der Waals surface area (Å²) >= 11 is 0. The highest BCUT2D eigenvalue weighted by Gasteiger charge is 2.11. The van der Waals surface area contributed by atoms with Crippen molar-refractivity contribution in [1.82, 2.24) is 25.3 Å². The van der Waals surface area contributed by atoms with E-state index >= 15 is 0 Å². The van der Waals surface area contributed by atoms with Crippen LogP contribution in [0.25, 0.3) is 22.5 Å². The lowest BCUT2D eigenvalue weighted by Gasteiger charge is -2.14. The minimum absolute atomic E-state index is 0.0486. The second kappa shape index (κ2) is 10.7. The van der Waals surface area contributed by atoms with Gasteiger partial charge in [0.15, 0.2) is 0 Å². The van der Waals surface area contributed by atoms with E-state index in [0.29, 0.717) is 6.04 Å². The molecular weight excluding hydrogens is 384 g/mol. The molecule has 0 fully saturated rings. The van der Waals surface area contributed by atoms with Crippen molar-refractivity contribution in [1.29, 1.82) is 0 Å². The molecule has 4 rings (SSSR count). The second-order valence-corrected chi connectivity index (χ2v) is 7.93. The lowest BCUT2D eigenvalue weighted by molar-refractivity contribution is 0.490. The molecule has 4 aromatic rings. The number of nitrogens with two attached hydrogens (primary N) is 1. The van der Waals surface area contributed by atoms with Crippen LogP contribution in [0, 0.1) is 0 Å². The summed E-state index contributed by atoms with van der Waals surface area (Å²) in [5.41, 5.74) is 10.1. The number of hydrogen-bond acceptors (Lipinski definition) is 4. The van der Waals surface area contributed by atoms with Gasteiger partial charge in [0.05, 0.1) is 35.9 Å². The summed E-state index contributed by atoms with van der Waals surface area (Å²) in [4.78, 5) is 15.2. The summed E-state index contributed by atoms with van der Waals surface area (Å²) in [6.45, 7) is 8.30. The van der Waals surface area contributed by atoms with Gasteiger partial charge in [0.2, 0.25) is 0 Å². The van der Waals surface area contributed by atoms with Gasteiger partial charge in [-0.2, -0.15) is 0 Å². The van der Waals surface area contributed by atoms with E-state index < -0.39 is 0 Å². The van der Waals surface area contributed by atoms with Crippen LogP contribution < -0.4 is 11.1 Å². The third-order valence-corrected chi connectivity index (χ3v) is 4.79. The van der Waals surface area contributed by atoms with Gasteiger partial charge in [0.25, 0.3) is 0 Å². The highest BCUT2D eigenvalue weighted by Crippen LogP contribution is 2.19. The van der Waals surface area contributed by atoms with Crippen LogP contribution in [-0.4, -0.2) is 26.0 Å². The number of nitrogens with zero attached hydrogens (tertiary/aromatic N) is 2. The predicted octanol–water partition coefficient (Wildman–Crippen LogP) is 5.23. The molecule has 0 saturated heterocycles. The normalized spacial score (nSPS) is 12.8. The van der Waals surface area contributed by atoms with E-state index in [1.807, 2.05) is 67.8 Å². The van der Waals surface area contributed by atoms with Crippen molar-refractivity contribution in [3.8, 4) is 22.5 Å². The average Bonchev–Trinajstić information content (AvgIpc) is 3.46. The standard InChI is InChI=1S/C14H19N3.C11H13N3/c1-10(2)16-11(3)14-15-9-13(17-14)12-7-5-4-6-8-12;1-8(12)11-13-7-10(14-11)9-5-3-2-4-6-9/h4-11,16H,1-3H3,(H,15,17);2-8H,12H2,1H3,(H,13,14). The molecule has 2 unspecified atom stereocenters. The van der Waals surface area contributed by atoms with Gasteiger partial charge in [-0.05, 0) is 25.0 Å². The van der Waals surface area contributed by atoms with Crippen molar-refractivity contribution < 1.29 is 0 Å². The molecule has 6 nitrogen and oxygen atoms in total. The lowest BCUT2D eigenvalue weighted by atomic mass is 10.2. The number of hydrogen-bond donors (Lipinski definition) is 4. The molecule has 2 atom stereocenters. The maximum absolute atomic E-state index is 5.71. The topological polar surface area (TPSA) is 95.4 Å². The zero-order valence-corrected chi connectivity index (χ0v) is 18.6. The fraction of sp³-hybridized carbons (Fsp3) is 0.280. The Morgan fingerprint density at radius 1 is 0.710 bits per heavy atom. The van der Waals surface area contributed by atoms with E-state index in [9.17, 15) is 0 Å². The first-order chi connectivity index (χ1) is 14.9. The summed E-state index contributed by atoms with van der Waals surface area (Å²) in [5, 5.41) is 3.43. The van der Waals surface area contributed by atoms with Crippen LogP contribution in [0.2, 0.25) is 0 Å². The minimum Gasteiger partial charge on any atom is -0.341 e. The summed E-state index contributed by atoms with van der Waals surface area (Å²) < 4.78 is 0. The molecule has 2 heterocycles. The van der Waals surface area contributed by atoms with E-state index in [0.717, 1.165) is 28.6 Å². The Hall–Kier alpha value is -3.22. The van der Waals surface area contributed by atoms with Crippen molar-refractivity contribution in [2.45, 2.75) is 45.8 Å². The maximum Gasteiger partial charge on any atom is 0.123 e. The first-order valence-electron chi connectivity index (χ1n) is 10.7. The number of imidazole rings is 2. The molecule has 0 bridgehead atoms. The highest BCUT2D eigenvalue weighted by molar-refractivity contribution is 5.58. The molecule has 0 aliphatic heterocycles. The Balaban J connectivity index is 0.000000179. The minimum atomic E-state index is -0.0486. The SMILES string of the molecule is CC(C)NC(C)c1ncc(-c2ccccc2)[nH]1.CC(N)c1ncc(-c2ccccc2)[nH]1. The molecule has 31 heavy (non-hydrogen) atoms. The summed E-state index contributed by atoms with van der Waals surface area (Å²) in [5.74, 6) is 1.81. The first kappa shape index (κ1) is 22.5. The molecule has 2 aromatic carbocycles. The number of H-pyrrole nitrogens is 2. The Bertz CT molecular complexity index is 1030. The van der Waals surface area contributed by atoms with Gasteiger partial charge in [0.1, 0.15) is 11.6 Å². The number of benzene rings is 2. The highest BCUT2D eigenvalue weighted by atomic mass is 15.0. The van der Waals surface area contributed by atoms with E-state index in [1.165, 1.54) is 5.56 Å². The third kappa shape index (κ3) is 6.38. The van der Waals surface area contributed by atoms with Crippen LogP contribution in [0.4, 0.5) is 0 Å². The number of nitrogens with one attached hydrogen (secondary N) is 3. The van der Waals surface area contributed by atoms with Gasteiger partial charge in [-0.1, -0.05) is 74.5 Å².